The topological polar surface area (TPSA) is 63.1 Å². The van der Waals surface area contributed by atoms with Gasteiger partial charge in [0, 0.05) is 29.7 Å². The lowest BCUT2D eigenvalue weighted by molar-refractivity contribution is 0.204. The number of rotatable bonds is 4. The van der Waals surface area contributed by atoms with Gasteiger partial charge in [0.1, 0.15) is 5.82 Å². The lowest BCUT2D eigenvalue weighted by atomic mass is 10.1. The molecule has 1 aliphatic heterocycles. The predicted octanol–water partition coefficient (Wildman–Crippen LogP) is 5.86. The molecule has 1 N–H and O–H groups in total. The zero-order chi connectivity index (χ0) is 21.4. The molecule has 2 amide bonds. The summed E-state index contributed by atoms with van der Waals surface area (Å²) >= 11 is 1.64. The number of nitrogens with one attached hydrogen (secondary N) is 1. The fraction of sp³-hybridized carbons (Fsp3) is 0.292. The maximum absolute atomic E-state index is 13.1. The summed E-state index contributed by atoms with van der Waals surface area (Å²) in [7, 11) is 0. The number of para-hydroxylation sites is 2. The number of imidazole rings is 1. The number of aromatic nitrogens is 3. The molecule has 3 heterocycles. The molecular weight excluding hydrogens is 406 g/mol. The zero-order valence-corrected chi connectivity index (χ0v) is 18.5. The largest absolute Gasteiger partial charge is 0.327 e. The molecule has 0 bridgehead atoms. The van der Waals surface area contributed by atoms with E-state index in [1.165, 1.54) is 0 Å². The lowest BCUT2D eigenvalue weighted by Gasteiger charge is -2.25. The second-order valence-electron chi connectivity index (χ2n) is 7.81. The summed E-state index contributed by atoms with van der Waals surface area (Å²) in [6.45, 7) is 5.70. The molecule has 0 spiro atoms. The molecule has 6 nitrogen and oxygen atoms in total. The molecule has 1 atom stereocenters. The van der Waals surface area contributed by atoms with E-state index in [9.17, 15) is 4.79 Å². The smallest absolute Gasteiger partial charge is 0.322 e. The minimum atomic E-state index is -0.0746. The van der Waals surface area contributed by atoms with Crippen LogP contribution in [0.5, 0.6) is 0 Å². The molecule has 1 aliphatic rings. The number of amides is 2. The Morgan fingerprint density at radius 2 is 1.97 bits per heavy atom. The van der Waals surface area contributed by atoms with Crippen LogP contribution in [-0.4, -0.2) is 32.0 Å². The number of hydrogen-bond acceptors (Lipinski definition) is 4. The molecule has 1 unspecified atom stereocenters. The number of nitrogens with zero attached hydrogens (tertiary/aromatic N) is 4. The van der Waals surface area contributed by atoms with E-state index in [4.69, 9.17) is 4.98 Å². The number of carbonyl (C=O) groups excluding carboxylic acids is 1. The summed E-state index contributed by atoms with van der Waals surface area (Å²) in [4.78, 5) is 24.5. The average molecular weight is 432 g/mol. The lowest BCUT2D eigenvalue weighted by Crippen LogP contribution is -2.35. The third-order valence-corrected chi connectivity index (χ3v) is 6.64. The van der Waals surface area contributed by atoms with Gasteiger partial charge in [0.2, 0.25) is 0 Å². The van der Waals surface area contributed by atoms with Crippen LogP contribution < -0.4 is 5.32 Å². The third kappa shape index (κ3) is 3.70. The first kappa shape index (κ1) is 19.8. The number of aryl methyl sites for hydroxylation is 2. The van der Waals surface area contributed by atoms with Crippen LogP contribution in [0.25, 0.3) is 22.3 Å². The van der Waals surface area contributed by atoms with Gasteiger partial charge in [0.25, 0.3) is 0 Å². The molecule has 0 saturated carbocycles. The van der Waals surface area contributed by atoms with Gasteiger partial charge in [-0.3, -0.25) is 0 Å². The fourth-order valence-corrected chi connectivity index (χ4v) is 5.00. The van der Waals surface area contributed by atoms with Crippen molar-refractivity contribution >= 4 is 34.1 Å². The molecular formula is C24H25N5OS. The van der Waals surface area contributed by atoms with Crippen LogP contribution in [0.15, 0.2) is 53.9 Å². The second kappa shape index (κ2) is 8.15. The maximum atomic E-state index is 13.1. The molecule has 5 rings (SSSR count). The van der Waals surface area contributed by atoms with Gasteiger partial charge in [-0.25, -0.2) is 14.8 Å². The van der Waals surface area contributed by atoms with E-state index in [0.717, 1.165) is 64.7 Å². The summed E-state index contributed by atoms with van der Waals surface area (Å²) in [6, 6.07) is 16.0. The Morgan fingerprint density at radius 3 is 2.71 bits per heavy atom. The van der Waals surface area contributed by atoms with Crippen molar-refractivity contribution in [2.24, 2.45) is 0 Å². The summed E-state index contributed by atoms with van der Waals surface area (Å²) in [5.74, 6) is 0.977. The number of thiazole rings is 1. The minimum absolute atomic E-state index is 0.00963. The molecule has 4 aromatic rings. The van der Waals surface area contributed by atoms with Crippen LogP contribution in [0.2, 0.25) is 0 Å². The Kier molecular flexibility index (Phi) is 5.19. The highest BCUT2D eigenvalue weighted by molar-refractivity contribution is 7.09. The Hall–Kier alpha value is -3.19. The van der Waals surface area contributed by atoms with Gasteiger partial charge in [-0.15, -0.1) is 11.3 Å². The Balaban J connectivity index is 1.36. The van der Waals surface area contributed by atoms with Crippen LogP contribution in [0.4, 0.5) is 10.5 Å². The first-order valence-corrected chi connectivity index (χ1v) is 11.6. The van der Waals surface area contributed by atoms with Crippen LogP contribution in [-0.2, 0) is 6.54 Å². The van der Waals surface area contributed by atoms with E-state index in [1.807, 2.05) is 54.3 Å². The number of carbonyl (C=O) groups is 1. The van der Waals surface area contributed by atoms with Crippen molar-refractivity contribution in [1.29, 1.82) is 0 Å². The van der Waals surface area contributed by atoms with E-state index < -0.39 is 0 Å². The van der Waals surface area contributed by atoms with Crippen molar-refractivity contribution < 1.29 is 4.79 Å². The molecule has 31 heavy (non-hydrogen) atoms. The molecule has 0 aliphatic carbocycles. The quantitative estimate of drug-likeness (QED) is 0.440. The number of benzene rings is 2. The van der Waals surface area contributed by atoms with Crippen molar-refractivity contribution in [3.05, 3.63) is 64.7 Å². The highest BCUT2D eigenvalue weighted by atomic mass is 32.1. The van der Waals surface area contributed by atoms with E-state index >= 15 is 0 Å². The monoisotopic (exact) mass is 431 g/mol. The molecule has 0 radical (unpaired) electrons. The molecule has 2 aromatic heterocycles. The summed E-state index contributed by atoms with van der Waals surface area (Å²) in [5.41, 5.74) is 4.92. The molecule has 1 fully saturated rings. The van der Waals surface area contributed by atoms with E-state index in [0.29, 0.717) is 0 Å². The second-order valence-corrected chi connectivity index (χ2v) is 8.88. The first-order valence-electron chi connectivity index (χ1n) is 10.7. The summed E-state index contributed by atoms with van der Waals surface area (Å²) in [5, 5.41) is 6.17. The minimum Gasteiger partial charge on any atom is -0.327 e. The van der Waals surface area contributed by atoms with Crippen molar-refractivity contribution in [1.82, 2.24) is 19.4 Å². The SMILES string of the molecule is CCn1c(C2CCCN2C(=O)Nc2ccc(-c3csc(C)n3)cc2)nc2ccccc21. The van der Waals surface area contributed by atoms with Crippen molar-refractivity contribution in [2.75, 3.05) is 11.9 Å². The Morgan fingerprint density at radius 1 is 1.16 bits per heavy atom. The van der Waals surface area contributed by atoms with Crippen molar-refractivity contribution in [3.63, 3.8) is 0 Å². The standard InChI is InChI=1S/C24H25N5OS/c1-3-28-21-8-5-4-7-19(21)27-23(28)22-9-6-14-29(22)24(30)26-18-12-10-17(11-13-18)20-15-31-16(2)25-20/h4-5,7-8,10-13,15,22H,3,6,9,14H2,1-2H3,(H,26,30). The summed E-state index contributed by atoms with van der Waals surface area (Å²) < 4.78 is 2.23. The number of fused-ring (bicyclic) bond motifs is 1. The van der Waals surface area contributed by atoms with Gasteiger partial charge in [0.05, 0.1) is 27.8 Å². The van der Waals surface area contributed by atoms with Crippen LogP contribution in [0, 0.1) is 6.92 Å². The molecule has 7 heteroatoms. The van der Waals surface area contributed by atoms with Gasteiger partial charge < -0.3 is 14.8 Å². The van der Waals surface area contributed by atoms with Crippen LogP contribution in [0.3, 0.4) is 0 Å². The molecule has 2 aromatic carbocycles. The zero-order valence-electron chi connectivity index (χ0n) is 17.7. The predicted molar refractivity (Wildman–Crippen MR) is 125 cm³/mol. The van der Waals surface area contributed by atoms with Crippen molar-refractivity contribution in [2.45, 2.75) is 39.3 Å². The van der Waals surface area contributed by atoms with Gasteiger partial charge in [-0.1, -0.05) is 24.3 Å². The highest BCUT2D eigenvalue weighted by Crippen LogP contribution is 2.34. The average Bonchev–Trinajstić information content (AvgIpc) is 3.51. The van der Waals surface area contributed by atoms with Crippen LogP contribution in [0.1, 0.15) is 36.6 Å². The van der Waals surface area contributed by atoms with E-state index in [-0.39, 0.29) is 12.1 Å². The summed E-state index contributed by atoms with van der Waals surface area (Å²) in [6.07, 6.45) is 1.91. The van der Waals surface area contributed by atoms with Gasteiger partial charge in [-0.2, -0.15) is 0 Å². The van der Waals surface area contributed by atoms with Crippen molar-refractivity contribution in [3.8, 4) is 11.3 Å². The number of likely N-dealkylation sites (tertiary alicyclic amines) is 1. The number of anilines is 1. The third-order valence-electron chi connectivity index (χ3n) is 5.86. The van der Waals surface area contributed by atoms with Crippen LogP contribution >= 0.6 is 11.3 Å². The Labute approximate surface area is 185 Å². The maximum Gasteiger partial charge on any atom is 0.322 e. The Bertz CT molecular complexity index is 1230. The number of urea groups is 1. The van der Waals surface area contributed by atoms with Gasteiger partial charge >= 0.3 is 6.03 Å². The molecule has 1 saturated heterocycles. The van der Waals surface area contributed by atoms with Gasteiger partial charge in [0.15, 0.2) is 0 Å². The molecule has 158 valence electrons. The number of hydrogen-bond donors (Lipinski definition) is 1. The van der Waals surface area contributed by atoms with E-state index in [2.05, 4.69) is 33.2 Å². The first-order chi connectivity index (χ1) is 15.1. The van der Waals surface area contributed by atoms with E-state index in [1.54, 1.807) is 11.3 Å². The fourth-order valence-electron chi connectivity index (χ4n) is 4.37. The highest BCUT2D eigenvalue weighted by Gasteiger charge is 2.33. The van der Waals surface area contributed by atoms with Gasteiger partial charge in [-0.05, 0) is 51.0 Å². The normalized spacial score (nSPS) is 16.2.